The van der Waals surface area contributed by atoms with Crippen LogP contribution in [0.2, 0.25) is 0 Å². The highest BCUT2D eigenvalue weighted by Gasteiger charge is 2.76. The zero-order chi connectivity index (χ0) is 28.6. The van der Waals surface area contributed by atoms with E-state index in [0.29, 0.717) is 12.0 Å². The summed E-state index contributed by atoms with van der Waals surface area (Å²) in [4.78, 5) is 37.3. The van der Waals surface area contributed by atoms with E-state index in [1.165, 1.54) is 6.92 Å². The third-order valence-electron chi connectivity index (χ3n) is 11.1. The summed E-state index contributed by atoms with van der Waals surface area (Å²) < 4.78 is 30.9. The normalized spacial score (nSPS) is 51.8. The van der Waals surface area contributed by atoms with Gasteiger partial charge in [0.2, 0.25) is 0 Å². The second-order valence-corrected chi connectivity index (χ2v) is 13.7. The molecular formula is C30H38O10. The van der Waals surface area contributed by atoms with Gasteiger partial charge >= 0.3 is 17.9 Å². The van der Waals surface area contributed by atoms with E-state index in [1.807, 2.05) is 19.9 Å². The van der Waals surface area contributed by atoms with Crippen molar-refractivity contribution in [2.45, 2.75) is 120 Å². The summed E-state index contributed by atoms with van der Waals surface area (Å²) in [7, 11) is 0. The van der Waals surface area contributed by atoms with Crippen molar-refractivity contribution in [3.05, 3.63) is 23.3 Å². The van der Waals surface area contributed by atoms with Gasteiger partial charge in [-0.3, -0.25) is 9.59 Å². The minimum absolute atomic E-state index is 0.0000765. The Kier molecular flexibility index (Phi) is 5.44. The lowest BCUT2D eigenvalue weighted by atomic mass is 9.59. The number of fused-ring (bicyclic) bond motifs is 2. The van der Waals surface area contributed by atoms with Crippen LogP contribution in [0.5, 0.6) is 0 Å². The fraction of sp³-hybridized carbons (Fsp3) is 0.767. The van der Waals surface area contributed by atoms with Gasteiger partial charge in [-0.25, -0.2) is 4.79 Å². The summed E-state index contributed by atoms with van der Waals surface area (Å²) in [5.74, 6) is -2.51. The Labute approximate surface area is 233 Å². The predicted octanol–water partition coefficient (Wildman–Crippen LogP) is 1.89. The fourth-order valence-corrected chi connectivity index (χ4v) is 9.78. The van der Waals surface area contributed by atoms with Crippen molar-refractivity contribution in [1.82, 2.24) is 0 Å². The smallest absolute Gasteiger partial charge is 0.334 e. The zero-order valence-corrected chi connectivity index (χ0v) is 23.5. The molecule has 218 valence electrons. The van der Waals surface area contributed by atoms with Crippen LogP contribution < -0.4 is 0 Å². The molecule has 0 amide bonds. The number of hydrogen-bond donors (Lipinski definition) is 2. The van der Waals surface area contributed by atoms with Gasteiger partial charge in [0.25, 0.3) is 0 Å². The van der Waals surface area contributed by atoms with Crippen molar-refractivity contribution < 1.29 is 48.3 Å². The first-order valence-electron chi connectivity index (χ1n) is 14.5. The first-order chi connectivity index (χ1) is 18.7. The number of carbonyl (C=O) groups is 3. The number of allylic oxidation sites excluding steroid dienone is 1. The Hall–Kier alpha value is -2.27. The Morgan fingerprint density at radius 2 is 1.95 bits per heavy atom. The molecular weight excluding hydrogens is 520 g/mol. The van der Waals surface area contributed by atoms with Crippen LogP contribution in [0.25, 0.3) is 0 Å². The number of aliphatic hydroxyl groups excluding tert-OH is 1. The highest BCUT2D eigenvalue weighted by atomic mass is 16.6. The first kappa shape index (κ1) is 26.6. The highest BCUT2D eigenvalue weighted by molar-refractivity contribution is 5.90. The summed E-state index contributed by atoms with van der Waals surface area (Å²) in [6.45, 7) is 8.98. The van der Waals surface area contributed by atoms with Gasteiger partial charge in [0.1, 0.15) is 35.6 Å². The van der Waals surface area contributed by atoms with Gasteiger partial charge in [0.15, 0.2) is 0 Å². The average molecular weight is 559 g/mol. The Morgan fingerprint density at radius 3 is 2.62 bits per heavy atom. The van der Waals surface area contributed by atoms with Crippen LogP contribution in [-0.4, -0.2) is 81.0 Å². The molecule has 5 fully saturated rings. The van der Waals surface area contributed by atoms with Gasteiger partial charge in [0, 0.05) is 43.1 Å². The maximum atomic E-state index is 12.6. The maximum Gasteiger partial charge on any atom is 0.334 e. The number of aliphatic hydroxyl groups is 2. The van der Waals surface area contributed by atoms with Crippen LogP contribution >= 0.6 is 0 Å². The topological polar surface area (TPSA) is 138 Å². The summed E-state index contributed by atoms with van der Waals surface area (Å²) in [5.41, 5.74) is -3.18. The van der Waals surface area contributed by atoms with Crippen LogP contribution in [0, 0.1) is 23.7 Å². The van der Waals surface area contributed by atoms with Crippen molar-refractivity contribution in [2.75, 3.05) is 0 Å². The molecule has 3 aliphatic carbocycles. The standard InChI is InChI=1S/C30H38O10/c1-13-8-19(37-26(13)34)25-14(2)16-6-7-17-24-18(32)9-20-27(4,5)38-21-10-23(33)39-29(20,21)12-28(24,35)11-22(36-15(3)31)30(16,17)40-25/h7-8,14,16,18-22,24-25,32,35H,6,9-12H2,1-5H3/t14-,16+,18+,19-,20-,21+,22-,24+,25+,28-,29+,30-/m1/s1. The van der Waals surface area contributed by atoms with Crippen molar-refractivity contribution in [2.24, 2.45) is 23.7 Å². The molecule has 3 saturated heterocycles. The van der Waals surface area contributed by atoms with Crippen LogP contribution in [0.4, 0.5) is 0 Å². The van der Waals surface area contributed by atoms with Crippen LogP contribution in [0.15, 0.2) is 23.3 Å². The molecule has 40 heavy (non-hydrogen) atoms. The number of hydrogen-bond acceptors (Lipinski definition) is 10. The van der Waals surface area contributed by atoms with E-state index in [0.717, 1.165) is 5.57 Å². The fourth-order valence-electron chi connectivity index (χ4n) is 9.78. The molecule has 4 aliphatic heterocycles. The third-order valence-corrected chi connectivity index (χ3v) is 11.1. The number of cyclic esters (lactones) is 1. The molecule has 7 aliphatic rings. The predicted molar refractivity (Wildman–Crippen MR) is 136 cm³/mol. The van der Waals surface area contributed by atoms with E-state index in [-0.39, 0.29) is 55.4 Å². The Balaban J connectivity index is 1.33. The summed E-state index contributed by atoms with van der Waals surface area (Å²) in [6, 6.07) is 0. The molecule has 10 heteroatoms. The van der Waals surface area contributed by atoms with E-state index in [9.17, 15) is 24.6 Å². The maximum absolute atomic E-state index is 12.6. The molecule has 7 rings (SSSR count). The molecule has 2 saturated carbocycles. The number of ether oxygens (including phenoxy) is 5. The second-order valence-electron chi connectivity index (χ2n) is 13.7. The summed E-state index contributed by atoms with van der Waals surface area (Å²) in [6.07, 6.45) is 1.40. The molecule has 10 nitrogen and oxygen atoms in total. The molecule has 2 spiro atoms. The third kappa shape index (κ3) is 3.27. The van der Waals surface area contributed by atoms with Crippen molar-refractivity contribution in [1.29, 1.82) is 0 Å². The van der Waals surface area contributed by atoms with E-state index in [1.54, 1.807) is 13.0 Å². The molecule has 0 aromatic heterocycles. The molecule has 0 radical (unpaired) electrons. The van der Waals surface area contributed by atoms with Gasteiger partial charge in [-0.15, -0.1) is 0 Å². The average Bonchev–Trinajstić information content (AvgIpc) is 3.55. The number of rotatable bonds is 2. The summed E-state index contributed by atoms with van der Waals surface area (Å²) >= 11 is 0. The van der Waals surface area contributed by atoms with Crippen LogP contribution in [0.3, 0.4) is 0 Å². The molecule has 12 atom stereocenters. The van der Waals surface area contributed by atoms with Gasteiger partial charge in [-0.05, 0) is 51.2 Å². The minimum atomic E-state index is -1.56. The number of carbonyl (C=O) groups excluding carboxylic acids is 3. The van der Waals surface area contributed by atoms with E-state index >= 15 is 0 Å². The van der Waals surface area contributed by atoms with E-state index in [4.69, 9.17) is 23.7 Å². The Morgan fingerprint density at radius 1 is 1.20 bits per heavy atom. The van der Waals surface area contributed by atoms with Crippen LogP contribution in [0.1, 0.15) is 66.7 Å². The van der Waals surface area contributed by atoms with Crippen LogP contribution in [-0.2, 0) is 38.1 Å². The quantitative estimate of drug-likeness (QED) is 0.294. The lowest BCUT2D eigenvalue weighted by molar-refractivity contribution is -0.214. The monoisotopic (exact) mass is 558 g/mol. The van der Waals surface area contributed by atoms with Gasteiger partial charge in [-0.1, -0.05) is 13.0 Å². The minimum Gasteiger partial charge on any atom is -0.459 e. The SMILES string of the molecule is CC(=O)O[C@@H]1C[C@@]2(O)C[C@@]34OC(=O)C[C@@H]3OC(C)(C)[C@H]4C[C@H](O)[C@@H]2C2=CC[C@H]3[C@@H](C)[C@@H]([C@H]4C=C(C)C(=O)O4)O[C@]213. The molecule has 2 N–H and O–H groups in total. The summed E-state index contributed by atoms with van der Waals surface area (Å²) in [5, 5.41) is 24.5. The molecule has 0 bridgehead atoms. The largest absolute Gasteiger partial charge is 0.459 e. The van der Waals surface area contributed by atoms with Crippen molar-refractivity contribution in [3.8, 4) is 0 Å². The molecule has 0 aromatic rings. The first-order valence-corrected chi connectivity index (χ1v) is 14.5. The second kappa shape index (κ2) is 8.18. The molecule has 4 heterocycles. The zero-order valence-electron chi connectivity index (χ0n) is 23.5. The van der Waals surface area contributed by atoms with Crippen molar-refractivity contribution >= 4 is 17.9 Å². The van der Waals surface area contributed by atoms with E-state index in [2.05, 4.69) is 6.92 Å². The van der Waals surface area contributed by atoms with Gasteiger partial charge in [-0.2, -0.15) is 0 Å². The molecule has 0 aromatic carbocycles. The van der Waals surface area contributed by atoms with Gasteiger partial charge in [0.05, 0.1) is 23.7 Å². The van der Waals surface area contributed by atoms with Crippen molar-refractivity contribution in [3.63, 3.8) is 0 Å². The lowest BCUT2D eigenvalue weighted by Crippen LogP contribution is -2.64. The number of esters is 3. The highest BCUT2D eigenvalue weighted by Crippen LogP contribution is 2.67. The van der Waals surface area contributed by atoms with Gasteiger partial charge < -0.3 is 33.9 Å². The van der Waals surface area contributed by atoms with E-state index < -0.39 is 64.8 Å². The molecule has 0 unspecified atom stereocenters. The lowest BCUT2D eigenvalue weighted by Gasteiger charge is -2.54. The Bertz CT molecular complexity index is 1250.